The Kier molecular flexibility index (Phi) is 3.60. The first kappa shape index (κ1) is 13.1. The molecule has 0 atom stereocenters. The van der Waals surface area contributed by atoms with E-state index in [1.54, 1.807) is 0 Å². The van der Waals surface area contributed by atoms with Crippen molar-refractivity contribution < 1.29 is 9.47 Å². The number of nitrogens with zero attached hydrogens (tertiary/aromatic N) is 3. The van der Waals surface area contributed by atoms with Gasteiger partial charge in [-0.2, -0.15) is 0 Å². The molecule has 0 N–H and O–H groups in total. The van der Waals surface area contributed by atoms with Crippen LogP contribution in [0.1, 0.15) is 31.5 Å². The molecular weight excluding hydrogens is 242 g/mol. The van der Waals surface area contributed by atoms with E-state index in [1.165, 1.54) is 0 Å². The van der Waals surface area contributed by atoms with E-state index >= 15 is 0 Å². The molecule has 5 nitrogen and oxygen atoms in total. The minimum absolute atomic E-state index is 0.249. The summed E-state index contributed by atoms with van der Waals surface area (Å²) in [6.45, 7) is 2.42. The summed E-state index contributed by atoms with van der Waals surface area (Å²) in [6.07, 6.45) is 8.17. The molecule has 19 heavy (non-hydrogen) atoms. The maximum atomic E-state index is 5.78. The summed E-state index contributed by atoms with van der Waals surface area (Å²) in [7, 11) is 4.24. The molecule has 1 spiro atoms. The van der Waals surface area contributed by atoms with Crippen LogP contribution in [0.25, 0.3) is 0 Å². The van der Waals surface area contributed by atoms with Crippen molar-refractivity contribution in [1.29, 1.82) is 0 Å². The first-order valence-electron chi connectivity index (χ1n) is 7.13. The van der Waals surface area contributed by atoms with Crippen LogP contribution in [0.3, 0.4) is 0 Å². The van der Waals surface area contributed by atoms with Gasteiger partial charge in [-0.15, -0.1) is 0 Å². The zero-order chi connectivity index (χ0) is 13.3. The molecular formula is C14H23N3O2. The van der Waals surface area contributed by atoms with Gasteiger partial charge in [-0.25, -0.2) is 4.98 Å². The van der Waals surface area contributed by atoms with E-state index < -0.39 is 0 Å². The van der Waals surface area contributed by atoms with Crippen molar-refractivity contribution in [2.45, 2.75) is 44.1 Å². The standard InChI is InChI=1S/C14H23N3O2/c1-16-8-7-15-13(16)11-17(2)12-3-5-14(6-4-12)18-9-10-19-14/h7-8,12H,3-6,9-11H2,1-2H3. The van der Waals surface area contributed by atoms with Crippen molar-refractivity contribution in [3.8, 4) is 0 Å². The lowest BCUT2D eigenvalue weighted by Crippen LogP contribution is -2.42. The van der Waals surface area contributed by atoms with E-state index in [4.69, 9.17) is 9.47 Å². The Labute approximate surface area is 114 Å². The molecule has 1 aromatic heterocycles. The van der Waals surface area contributed by atoms with E-state index in [0.29, 0.717) is 6.04 Å². The second-order valence-corrected chi connectivity index (χ2v) is 5.71. The Hall–Kier alpha value is -0.910. The first-order valence-corrected chi connectivity index (χ1v) is 7.13. The van der Waals surface area contributed by atoms with E-state index in [9.17, 15) is 0 Å². The lowest BCUT2D eigenvalue weighted by Gasteiger charge is -2.38. The fraction of sp³-hybridized carbons (Fsp3) is 0.786. The molecule has 1 aliphatic heterocycles. The van der Waals surface area contributed by atoms with Crippen LogP contribution in [0, 0.1) is 0 Å². The van der Waals surface area contributed by atoms with Gasteiger partial charge in [0.2, 0.25) is 0 Å². The fourth-order valence-electron chi connectivity index (χ4n) is 3.17. The highest BCUT2D eigenvalue weighted by molar-refractivity contribution is 4.93. The van der Waals surface area contributed by atoms with Gasteiger partial charge >= 0.3 is 0 Å². The molecule has 5 heteroatoms. The Morgan fingerprint density at radius 2 is 2.05 bits per heavy atom. The smallest absolute Gasteiger partial charge is 0.168 e. The largest absolute Gasteiger partial charge is 0.348 e. The Morgan fingerprint density at radius 1 is 1.37 bits per heavy atom. The van der Waals surface area contributed by atoms with Crippen molar-refractivity contribution in [3.05, 3.63) is 18.2 Å². The summed E-state index contributed by atoms with van der Waals surface area (Å²) in [5, 5.41) is 0. The third kappa shape index (κ3) is 2.68. The predicted octanol–water partition coefficient (Wildman–Crippen LogP) is 1.54. The van der Waals surface area contributed by atoms with Crippen LogP contribution in [-0.2, 0) is 23.1 Å². The van der Waals surface area contributed by atoms with Crippen LogP contribution in [0.2, 0.25) is 0 Å². The average molecular weight is 265 g/mol. The number of hydrogen-bond acceptors (Lipinski definition) is 4. The van der Waals surface area contributed by atoms with Crippen LogP contribution in [0.5, 0.6) is 0 Å². The fourth-order valence-corrected chi connectivity index (χ4v) is 3.17. The summed E-state index contributed by atoms with van der Waals surface area (Å²) in [4.78, 5) is 6.80. The van der Waals surface area contributed by atoms with Crippen molar-refractivity contribution in [2.24, 2.45) is 7.05 Å². The Bertz CT molecular complexity index is 416. The highest BCUT2D eigenvalue weighted by atomic mass is 16.7. The Balaban J connectivity index is 1.54. The number of ether oxygens (including phenoxy) is 2. The second-order valence-electron chi connectivity index (χ2n) is 5.71. The highest BCUT2D eigenvalue weighted by Crippen LogP contribution is 2.37. The lowest BCUT2D eigenvalue weighted by atomic mass is 9.89. The molecule has 3 rings (SSSR count). The number of imidazole rings is 1. The van der Waals surface area contributed by atoms with E-state index in [0.717, 1.165) is 51.3 Å². The summed E-state index contributed by atoms with van der Waals surface area (Å²) in [6, 6.07) is 0.607. The maximum absolute atomic E-state index is 5.78. The maximum Gasteiger partial charge on any atom is 0.168 e. The van der Waals surface area contributed by atoms with Gasteiger partial charge in [0.1, 0.15) is 5.82 Å². The molecule has 0 aromatic carbocycles. The first-order chi connectivity index (χ1) is 9.19. The number of aromatic nitrogens is 2. The van der Waals surface area contributed by atoms with E-state index in [-0.39, 0.29) is 5.79 Å². The SMILES string of the molecule is CN(Cc1nccn1C)C1CCC2(CC1)OCCO2. The molecule has 0 bridgehead atoms. The Morgan fingerprint density at radius 3 is 2.63 bits per heavy atom. The van der Waals surface area contributed by atoms with Gasteiger partial charge < -0.3 is 14.0 Å². The molecule has 1 aliphatic carbocycles. The molecule has 1 saturated heterocycles. The third-order valence-electron chi connectivity index (χ3n) is 4.47. The van der Waals surface area contributed by atoms with Gasteiger partial charge in [0.25, 0.3) is 0 Å². The van der Waals surface area contributed by atoms with Crippen LogP contribution >= 0.6 is 0 Å². The molecule has 2 aliphatic rings. The van der Waals surface area contributed by atoms with E-state index in [1.807, 2.05) is 19.4 Å². The topological polar surface area (TPSA) is 39.5 Å². The molecule has 0 amide bonds. The zero-order valence-corrected chi connectivity index (χ0v) is 11.8. The van der Waals surface area contributed by atoms with Gasteiger partial charge in [-0.3, -0.25) is 4.90 Å². The minimum Gasteiger partial charge on any atom is -0.348 e. The van der Waals surface area contributed by atoms with Crippen molar-refractivity contribution >= 4 is 0 Å². The van der Waals surface area contributed by atoms with E-state index in [2.05, 4.69) is 21.5 Å². The normalized spacial score (nSPS) is 23.5. The lowest BCUT2D eigenvalue weighted by molar-refractivity contribution is -0.183. The van der Waals surface area contributed by atoms with Crippen LogP contribution in [0.15, 0.2) is 12.4 Å². The average Bonchev–Trinajstić information content (AvgIpc) is 3.01. The number of aryl methyl sites for hydroxylation is 1. The second kappa shape index (κ2) is 5.23. The number of rotatable bonds is 3. The van der Waals surface area contributed by atoms with Crippen LogP contribution < -0.4 is 0 Å². The molecule has 0 unspecified atom stereocenters. The van der Waals surface area contributed by atoms with Crippen LogP contribution in [-0.4, -0.2) is 46.5 Å². The summed E-state index contributed by atoms with van der Waals surface area (Å²) >= 11 is 0. The summed E-state index contributed by atoms with van der Waals surface area (Å²) < 4.78 is 13.6. The molecule has 2 heterocycles. The number of hydrogen-bond donors (Lipinski definition) is 0. The molecule has 1 saturated carbocycles. The highest BCUT2D eigenvalue weighted by Gasteiger charge is 2.41. The van der Waals surface area contributed by atoms with Gasteiger partial charge in [0, 0.05) is 38.3 Å². The summed E-state index contributed by atoms with van der Waals surface area (Å²) in [5.74, 6) is 0.872. The van der Waals surface area contributed by atoms with Gasteiger partial charge in [0.15, 0.2) is 5.79 Å². The van der Waals surface area contributed by atoms with Crippen molar-refractivity contribution in [3.63, 3.8) is 0 Å². The van der Waals surface area contributed by atoms with Gasteiger partial charge in [0.05, 0.1) is 19.8 Å². The third-order valence-corrected chi connectivity index (χ3v) is 4.47. The predicted molar refractivity (Wildman–Crippen MR) is 71.6 cm³/mol. The zero-order valence-electron chi connectivity index (χ0n) is 11.8. The molecule has 106 valence electrons. The van der Waals surface area contributed by atoms with Crippen molar-refractivity contribution in [2.75, 3.05) is 20.3 Å². The summed E-state index contributed by atoms with van der Waals surface area (Å²) in [5.41, 5.74) is 0. The monoisotopic (exact) mass is 265 g/mol. The van der Waals surface area contributed by atoms with Crippen LogP contribution in [0.4, 0.5) is 0 Å². The molecule has 2 fully saturated rings. The van der Waals surface area contributed by atoms with Gasteiger partial charge in [-0.05, 0) is 19.9 Å². The quantitative estimate of drug-likeness (QED) is 0.831. The molecule has 1 aromatic rings. The molecule has 0 radical (unpaired) electrons. The van der Waals surface area contributed by atoms with Crippen molar-refractivity contribution in [1.82, 2.24) is 14.5 Å². The van der Waals surface area contributed by atoms with Gasteiger partial charge in [-0.1, -0.05) is 0 Å². The minimum atomic E-state index is -0.249.